The minimum atomic E-state index is -0.186. The van der Waals surface area contributed by atoms with Gasteiger partial charge in [0.1, 0.15) is 12.2 Å². The van der Waals surface area contributed by atoms with E-state index in [-0.39, 0.29) is 52.7 Å². The second-order valence-electron chi connectivity index (χ2n) is 14.7. The highest BCUT2D eigenvalue weighted by molar-refractivity contribution is 5.66. The summed E-state index contributed by atoms with van der Waals surface area (Å²) >= 11 is 0. The van der Waals surface area contributed by atoms with E-state index in [1.54, 1.807) is 6.92 Å². The zero-order valence-electron chi connectivity index (χ0n) is 24.3. The first kappa shape index (κ1) is 27.4. The summed E-state index contributed by atoms with van der Waals surface area (Å²) in [4.78, 5) is 24.1. The Balaban J connectivity index is 1.40. The molecule has 2 N–H and O–H groups in total. The van der Waals surface area contributed by atoms with E-state index >= 15 is 0 Å². The number of esters is 2. The van der Waals surface area contributed by atoms with E-state index in [9.17, 15) is 9.59 Å². The minimum absolute atomic E-state index is 0.0535. The zero-order valence-corrected chi connectivity index (χ0v) is 24.3. The van der Waals surface area contributed by atoms with Gasteiger partial charge in [0.25, 0.3) is 0 Å². The van der Waals surface area contributed by atoms with E-state index in [2.05, 4.69) is 34.6 Å². The number of carbonyl (C=O) groups excluding carboxylic acids is 2. The first-order valence-corrected chi connectivity index (χ1v) is 15.0. The Morgan fingerprint density at radius 1 is 1.00 bits per heavy atom. The molecule has 1 heterocycles. The molecule has 0 aromatic heterocycles. The van der Waals surface area contributed by atoms with Crippen LogP contribution >= 0.6 is 0 Å². The average Bonchev–Trinajstić information content (AvgIpc) is 3.26. The van der Waals surface area contributed by atoms with Crippen LogP contribution in [0.4, 0.5) is 0 Å². The summed E-state index contributed by atoms with van der Waals surface area (Å²) < 4.78 is 18.8. The van der Waals surface area contributed by atoms with Gasteiger partial charge >= 0.3 is 11.9 Å². The molecular formula is C31H51NO5. The van der Waals surface area contributed by atoms with Crippen LogP contribution in [0.15, 0.2) is 0 Å². The van der Waals surface area contributed by atoms with Gasteiger partial charge in [-0.25, -0.2) is 0 Å². The molecule has 6 heteroatoms. The second-order valence-corrected chi connectivity index (χ2v) is 14.7. The van der Waals surface area contributed by atoms with Crippen molar-refractivity contribution in [1.82, 2.24) is 0 Å². The second kappa shape index (κ2) is 9.50. The van der Waals surface area contributed by atoms with Gasteiger partial charge in [-0.05, 0) is 113 Å². The van der Waals surface area contributed by atoms with E-state index in [1.165, 1.54) is 19.8 Å². The van der Waals surface area contributed by atoms with Crippen LogP contribution in [0.3, 0.4) is 0 Å². The summed E-state index contributed by atoms with van der Waals surface area (Å²) in [6.45, 7) is 14.6. The highest BCUT2D eigenvalue weighted by atomic mass is 16.5. The molecule has 5 rings (SSSR count). The fraction of sp³-hybridized carbons (Fsp3) is 0.935. The molecule has 210 valence electrons. The third kappa shape index (κ3) is 4.66. The van der Waals surface area contributed by atoms with E-state index < -0.39 is 0 Å². The van der Waals surface area contributed by atoms with Crippen molar-refractivity contribution in [3.05, 3.63) is 0 Å². The fourth-order valence-electron chi connectivity index (χ4n) is 10.4. The Bertz CT molecular complexity index is 899. The van der Waals surface area contributed by atoms with Crippen molar-refractivity contribution in [2.75, 3.05) is 0 Å². The number of fused-ring (bicyclic) bond motifs is 7. The van der Waals surface area contributed by atoms with Crippen LogP contribution in [0.1, 0.15) is 106 Å². The average molecular weight is 518 g/mol. The van der Waals surface area contributed by atoms with Crippen molar-refractivity contribution in [3.63, 3.8) is 0 Å². The Kier molecular flexibility index (Phi) is 7.04. The van der Waals surface area contributed by atoms with Crippen molar-refractivity contribution in [1.29, 1.82) is 0 Å². The molecule has 0 spiro atoms. The molecule has 0 amide bonds. The summed E-state index contributed by atoms with van der Waals surface area (Å²) in [5.41, 5.74) is 6.28. The summed E-state index contributed by atoms with van der Waals surface area (Å²) in [7, 11) is 0. The first-order chi connectivity index (χ1) is 17.2. The van der Waals surface area contributed by atoms with Gasteiger partial charge in [0.05, 0.1) is 12.2 Å². The first-order valence-electron chi connectivity index (χ1n) is 15.0. The minimum Gasteiger partial charge on any atom is -0.463 e. The largest absolute Gasteiger partial charge is 0.463 e. The monoisotopic (exact) mass is 517 g/mol. The number of rotatable bonds is 5. The van der Waals surface area contributed by atoms with Crippen LogP contribution in [0.5, 0.6) is 0 Å². The van der Waals surface area contributed by atoms with Crippen molar-refractivity contribution >= 4 is 11.9 Å². The summed E-state index contributed by atoms with van der Waals surface area (Å²) in [5.74, 6) is 2.79. The fourth-order valence-corrected chi connectivity index (χ4v) is 10.4. The smallest absolute Gasteiger partial charge is 0.302 e. The number of ether oxygens (including phenoxy) is 3. The summed E-state index contributed by atoms with van der Waals surface area (Å²) in [6.07, 6.45) is 9.90. The molecule has 0 bridgehead atoms. The van der Waals surface area contributed by atoms with Crippen LogP contribution in [0.25, 0.3) is 0 Å². The van der Waals surface area contributed by atoms with Crippen molar-refractivity contribution in [2.24, 2.45) is 52.1 Å². The standard InChI is InChI=1S/C31H51NO5/c1-17-25(11-12-29(4,5)32)37-26-15-24-22-9-8-20-14-21(35-18(2)33)10-13-30(20,6)23(22)16-27(36-19(3)34)31(24,7)28(17)26/h17,20-28H,8-16,32H2,1-7H3/t17-,20+,21+,22-,23+,24+,25-,26+,27-,28+,30+,31-/m1/s1. The predicted octanol–water partition coefficient (Wildman–Crippen LogP) is 5.65. The lowest BCUT2D eigenvalue weighted by Gasteiger charge is -2.62. The molecule has 0 unspecified atom stereocenters. The topological polar surface area (TPSA) is 87.9 Å². The number of hydrogen-bond donors (Lipinski definition) is 1. The summed E-state index contributed by atoms with van der Waals surface area (Å²) in [6, 6.07) is 0. The molecule has 1 saturated heterocycles. The van der Waals surface area contributed by atoms with E-state index in [0.717, 1.165) is 44.9 Å². The van der Waals surface area contributed by atoms with E-state index in [0.29, 0.717) is 35.5 Å². The van der Waals surface area contributed by atoms with E-state index in [1.807, 2.05) is 0 Å². The van der Waals surface area contributed by atoms with Crippen LogP contribution in [-0.4, -0.2) is 41.9 Å². The number of carbonyl (C=O) groups is 2. The van der Waals surface area contributed by atoms with Crippen LogP contribution in [0.2, 0.25) is 0 Å². The van der Waals surface area contributed by atoms with Gasteiger partial charge in [0, 0.05) is 24.8 Å². The third-order valence-corrected chi connectivity index (χ3v) is 12.0. The molecule has 5 fully saturated rings. The normalized spacial score (nSPS) is 48.9. The molecule has 0 aromatic carbocycles. The van der Waals surface area contributed by atoms with Gasteiger partial charge in [0.2, 0.25) is 0 Å². The Labute approximate surface area is 224 Å². The Morgan fingerprint density at radius 3 is 2.35 bits per heavy atom. The van der Waals surface area contributed by atoms with Crippen LogP contribution in [0, 0.1) is 46.3 Å². The molecule has 37 heavy (non-hydrogen) atoms. The lowest BCUT2D eigenvalue weighted by Crippen LogP contribution is -2.59. The zero-order chi connectivity index (χ0) is 26.9. The molecular weight excluding hydrogens is 466 g/mol. The predicted molar refractivity (Wildman–Crippen MR) is 142 cm³/mol. The Morgan fingerprint density at radius 2 is 1.70 bits per heavy atom. The molecule has 4 aliphatic carbocycles. The van der Waals surface area contributed by atoms with Crippen molar-refractivity contribution in [3.8, 4) is 0 Å². The maximum Gasteiger partial charge on any atom is 0.302 e. The quantitative estimate of drug-likeness (QED) is 0.474. The third-order valence-electron chi connectivity index (χ3n) is 12.0. The highest BCUT2D eigenvalue weighted by Gasteiger charge is 2.69. The van der Waals surface area contributed by atoms with Crippen molar-refractivity contribution in [2.45, 2.75) is 136 Å². The van der Waals surface area contributed by atoms with Crippen LogP contribution < -0.4 is 5.73 Å². The molecule has 12 atom stereocenters. The van der Waals surface area contributed by atoms with Crippen molar-refractivity contribution < 1.29 is 23.8 Å². The molecule has 4 saturated carbocycles. The number of nitrogens with two attached hydrogens (primary N) is 1. The Hall–Kier alpha value is -1.14. The van der Waals surface area contributed by atoms with Gasteiger partial charge in [-0.2, -0.15) is 0 Å². The molecule has 0 radical (unpaired) electrons. The number of hydrogen-bond acceptors (Lipinski definition) is 6. The molecule has 5 aliphatic rings. The lowest BCUT2D eigenvalue weighted by atomic mass is 9.43. The van der Waals surface area contributed by atoms with Gasteiger partial charge in [-0.15, -0.1) is 0 Å². The van der Waals surface area contributed by atoms with Gasteiger partial charge in [0.15, 0.2) is 0 Å². The lowest BCUT2D eigenvalue weighted by molar-refractivity contribution is -0.197. The van der Waals surface area contributed by atoms with Gasteiger partial charge in [-0.1, -0.05) is 20.8 Å². The van der Waals surface area contributed by atoms with Gasteiger partial charge < -0.3 is 19.9 Å². The van der Waals surface area contributed by atoms with Gasteiger partial charge in [-0.3, -0.25) is 9.59 Å². The molecule has 6 nitrogen and oxygen atoms in total. The molecule has 0 aromatic rings. The summed E-state index contributed by atoms with van der Waals surface area (Å²) in [5, 5.41) is 0. The van der Waals surface area contributed by atoms with E-state index in [4.69, 9.17) is 19.9 Å². The SMILES string of the molecule is CC(=O)O[C@H]1CC[C@@]2(C)[C@@H](CC[C@@H]3[C@@H]2C[C@@H](OC(C)=O)[C@]2(C)[C@H]4[C@H](C)[C@@H](CCC(C)(C)N)O[C@H]4C[C@@H]32)C1. The highest BCUT2D eigenvalue weighted by Crippen LogP contribution is 2.70. The maximum absolute atomic E-state index is 12.4. The molecule has 1 aliphatic heterocycles. The van der Waals surface area contributed by atoms with Crippen LogP contribution in [-0.2, 0) is 23.8 Å². The maximum atomic E-state index is 12.4.